The number of nitrogens with zero attached hydrogens (tertiary/aromatic N) is 1. The Kier molecular flexibility index (Phi) is 12.0. The molecular formula is C28H45N3O3. The Morgan fingerprint density at radius 2 is 1.71 bits per heavy atom. The molecule has 0 amide bonds. The summed E-state index contributed by atoms with van der Waals surface area (Å²) in [7, 11) is 0. The standard InChI is InChI=1S/C28H45N3O3/c32-22-26-11-8-16-28(24-33,30-26)23-29-17-4-1-2-7-20-34-21-9-10-25-12-14-27(15-13-25)31-18-5-3-6-19-31/h8,11-16,29-30,32-33H,1-7,9-10,17-24H2. The van der Waals surface area contributed by atoms with Crippen LogP contribution >= 0.6 is 0 Å². The lowest BCUT2D eigenvalue weighted by Gasteiger charge is -2.34. The van der Waals surface area contributed by atoms with Gasteiger partial charge in [0.05, 0.1) is 18.8 Å². The first-order valence-electron chi connectivity index (χ1n) is 13.3. The van der Waals surface area contributed by atoms with Gasteiger partial charge in [-0.15, -0.1) is 0 Å². The smallest absolute Gasteiger partial charge is 0.0914 e. The number of aryl methyl sites for hydroxylation is 1. The van der Waals surface area contributed by atoms with Gasteiger partial charge >= 0.3 is 0 Å². The molecule has 4 N–H and O–H groups in total. The average Bonchev–Trinajstić information content (AvgIpc) is 2.90. The molecule has 34 heavy (non-hydrogen) atoms. The molecule has 6 nitrogen and oxygen atoms in total. The highest BCUT2D eigenvalue weighted by Gasteiger charge is 2.27. The molecule has 190 valence electrons. The summed E-state index contributed by atoms with van der Waals surface area (Å²) in [5.74, 6) is 0. The van der Waals surface area contributed by atoms with Crippen LogP contribution in [0, 0.1) is 0 Å². The molecule has 0 aliphatic carbocycles. The van der Waals surface area contributed by atoms with Crippen molar-refractivity contribution in [2.24, 2.45) is 0 Å². The average molecular weight is 472 g/mol. The monoisotopic (exact) mass is 471 g/mol. The second-order valence-electron chi connectivity index (χ2n) is 9.67. The largest absolute Gasteiger partial charge is 0.394 e. The van der Waals surface area contributed by atoms with Crippen molar-refractivity contribution in [2.45, 2.75) is 63.3 Å². The molecule has 3 rings (SSSR count). The van der Waals surface area contributed by atoms with Crippen LogP contribution in [0.2, 0.25) is 0 Å². The number of ether oxygens (including phenoxy) is 1. The van der Waals surface area contributed by atoms with Crippen molar-refractivity contribution in [1.82, 2.24) is 10.6 Å². The minimum atomic E-state index is -0.518. The van der Waals surface area contributed by atoms with Crippen LogP contribution in [-0.4, -0.2) is 68.4 Å². The molecule has 1 unspecified atom stereocenters. The summed E-state index contributed by atoms with van der Waals surface area (Å²) in [6.45, 7) is 5.60. The van der Waals surface area contributed by atoms with Crippen LogP contribution in [0.1, 0.15) is 56.9 Å². The summed E-state index contributed by atoms with van der Waals surface area (Å²) in [5, 5.41) is 25.7. The molecule has 0 spiro atoms. The fraction of sp³-hybridized carbons (Fsp3) is 0.643. The zero-order valence-electron chi connectivity index (χ0n) is 20.8. The second kappa shape index (κ2) is 15.2. The quantitative estimate of drug-likeness (QED) is 0.276. The van der Waals surface area contributed by atoms with E-state index in [2.05, 4.69) is 39.8 Å². The number of piperidine rings is 1. The van der Waals surface area contributed by atoms with Crippen molar-refractivity contribution < 1.29 is 14.9 Å². The summed E-state index contributed by atoms with van der Waals surface area (Å²) < 4.78 is 5.84. The molecule has 0 radical (unpaired) electrons. The molecule has 0 bridgehead atoms. The summed E-state index contributed by atoms with van der Waals surface area (Å²) in [6.07, 6.45) is 16.5. The van der Waals surface area contributed by atoms with Gasteiger partial charge in [0.15, 0.2) is 0 Å². The molecular weight excluding hydrogens is 426 g/mol. The van der Waals surface area contributed by atoms with Crippen molar-refractivity contribution in [1.29, 1.82) is 0 Å². The topological polar surface area (TPSA) is 77.0 Å². The van der Waals surface area contributed by atoms with E-state index in [1.807, 2.05) is 18.2 Å². The molecule has 0 saturated carbocycles. The third kappa shape index (κ3) is 9.06. The number of allylic oxidation sites excluding steroid dienone is 2. The summed E-state index contributed by atoms with van der Waals surface area (Å²) in [5.41, 5.74) is 3.00. The number of aliphatic hydroxyl groups excluding tert-OH is 2. The van der Waals surface area contributed by atoms with Gasteiger partial charge in [-0.05, 0) is 75.3 Å². The first kappa shape index (κ1) is 26.7. The molecule has 1 saturated heterocycles. The Morgan fingerprint density at radius 1 is 0.941 bits per heavy atom. The Balaban J connectivity index is 1.14. The Morgan fingerprint density at radius 3 is 2.47 bits per heavy atom. The van der Waals surface area contributed by atoms with Gasteiger partial charge in [0.25, 0.3) is 0 Å². The van der Waals surface area contributed by atoms with Crippen molar-refractivity contribution >= 4 is 5.69 Å². The maximum atomic E-state index is 9.76. The van der Waals surface area contributed by atoms with Gasteiger partial charge in [-0.1, -0.05) is 37.1 Å². The maximum Gasteiger partial charge on any atom is 0.0914 e. The van der Waals surface area contributed by atoms with E-state index in [1.54, 1.807) is 0 Å². The van der Waals surface area contributed by atoms with E-state index in [1.165, 1.54) is 56.4 Å². The van der Waals surface area contributed by atoms with Gasteiger partial charge in [-0.3, -0.25) is 0 Å². The van der Waals surface area contributed by atoms with Crippen LogP contribution < -0.4 is 15.5 Å². The lowest BCUT2D eigenvalue weighted by Crippen LogP contribution is -2.54. The van der Waals surface area contributed by atoms with Crippen LogP contribution in [0.4, 0.5) is 5.69 Å². The molecule has 2 aliphatic heterocycles. The van der Waals surface area contributed by atoms with Gasteiger partial charge < -0.3 is 30.5 Å². The van der Waals surface area contributed by atoms with Gasteiger partial charge in [-0.25, -0.2) is 0 Å². The number of hydrogen-bond donors (Lipinski definition) is 4. The summed E-state index contributed by atoms with van der Waals surface area (Å²) >= 11 is 0. The van der Waals surface area contributed by atoms with Crippen molar-refractivity contribution in [3.8, 4) is 0 Å². The minimum absolute atomic E-state index is 0.00487. The molecule has 1 aromatic rings. The highest BCUT2D eigenvalue weighted by atomic mass is 16.5. The van der Waals surface area contributed by atoms with Crippen LogP contribution in [0.25, 0.3) is 0 Å². The van der Waals surface area contributed by atoms with Crippen LogP contribution in [0.15, 0.2) is 48.2 Å². The predicted octanol–water partition coefficient (Wildman–Crippen LogP) is 3.54. The molecule has 1 atom stereocenters. The Bertz CT molecular complexity index is 744. The van der Waals surface area contributed by atoms with Crippen LogP contribution in [0.5, 0.6) is 0 Å². The SMILES string of the molecule is OCC1=CC=CC(CO)(CNCCCCCCOCCCc2ccc(N3CCCCC3)cc2)N1. The summed E-state index contributed by atoms with van der Waals surface area (Å²) in [6, 6.07) is 9.13. The summed E-state index contributed by atoms with van der Waals surface area (Å²) in [4.78, 5) is 2.51. The predicted molar refractivity (Wildman–Crippen MR) is 140 cm³/mol. The molecule has 2 aliphatic rings. The van der Waals surface area contributed by atoms with E-state index in [0.29, 0.717) is 6.54 Å². The van der Waals surface area contributed by atoms with Crippen molar-refractivity contribution in [3.05, 3.63) is 53.8 Å². The van der Waals surface area contributed by atoms with E-state index < -0.39 is 5.54 Å². The minimum Gasteiger partial charge on any atom is -0.394 e. The lowest BCUT2D eigenvalue weighted by atomic mass is 9.96. The Hall–Kier alpha value is -1.86. The number of aliphatic hydroxyl groups is 2. The number of unbranched alkanes of at least 4 members (excludes halogenated alkanes) is 3. The Labute approximate surface area is 206 Å². The van der Waals surface area contributed by atoms with E-state index in [0.717, 1.165) is 51.1 Å². The van der Waals surface area contributed by atoms with E-state index in [9.17, 15) is 10.2 Å². The number of anilines is 1. The van der Waals surface area contributed by atoms with Gasteiger partial charge in [0.1, 0.15) is 0 Å². The molecule has 6 heteroatoms. The molecule has 1 fully saturated rings. The van der Waals surface area contributed by atoms with Gasteiger partial charge in [-0.2, -0.15) is 0 Å². The third-order valence-corrected chi connectivity index (χ3v) is 6.82. The van der Waals surface area contributed by atoms with E-state index in [-0.39, 0.29) is 13.2 Å². The van der Waals surface area contributed by atoms with Crippen LogP contribution in [0.3, 0.4) is 0 Å². The molecule has 2 heterocycles. The fourth-order valence-corrected chi connectivity index (χ4v) is 4.72. The zero-order chi connectivity index (χ0) is 23.9. The first-order chi connectivity index (χ1) is 16.7. The van der Waals surface area contributed by atoms with Crippen LogP contribution in [-0.2, 0) is 11.2 Å². The fourth-order valence-electron chi connectivity index (χ4n) is 4.72. The normalized spacial score (nSPS) is 20.3. The number of benzene rings is 1. The van der Waals surface area contributed by atoms with Gasteiger partial charge in [0, 0.05) is 44.2 Å². The highest BCUT2D eigenvalue weighted by Crippen LogP contribution is 2.20. The van der Waals surface area contributed by atoms with E-state index >= 15 is 0 Å². The zero-order valence-corrected chi connectivity index (χ0v) is 20.8. The van der Waals surface area contributed by atoms with E-state index in [4.69, 9.17) is 4.74 Å². The second-order valence-corrected chi connectivity index (χ2v) is 9.67. The number of dihydropyridines is 1. The maximum absolute atomic E-state index is 9.76. The molecule has 1 aromatic carbocycles. The lowest BCUT2D eigenvalue weighted by molar-refractivity contribution is 0.127. The number of hydrogen-bond acceptors (Lipinski definition) is 6. The van der Waals surface area contributed by atoms with Gasteiger partial charge in [0.2, 0.25) is 0 Å². The number of rotatable bonds is 16. The van der Waals surface area contributed by atoms with Crippen molar-refractivity contribution in [3.63, 3.8) is 0 Å². The van der Waals surface area contributed by atoms with Crippen molar-refractivity contribution in [2.75, 3.05) is 57.5 Å². The number of nitrogens with one attached hydrogen (secondary N) is 2. The molecule has 0 aromatic heterocycles. The third-order valence-electron chi connectivity index (χ3n) is 6.82. The first-order valence-corrected chi connectivity index (χ1v) is 13.3. The highest BCUT2D eigenvalue weighted by molar-refractivity contribution is 5.47.